The zero-order chi connectivity index (χ0) is 34.5. The maximum atomic E-state index is 12.6. The van der Waals surface area contributed by atoms with E-state index in [-0.39, 0.29) is 23.6 Å². The summed E-state index contributed by atoms with van der Waals surface area (Å²) >= 11 is 4.24. The topological polar surface area (TPSA) is 201 Å². The number of hydrogen-bond donors (Lipinski definition) is 5. The minimum Gasteiger partial charge on any atom is -0.370 e. The van der Waals surface area contributed by atoms with Crippen LogP contribution < -0.4 is 22.9 Å². The van der Waals surface area contributed by atoms with Crippen molar-refractivity contribution in [2.45, 2.75) is 73.1 Å². The maximum Gasteiger partial charge on any atom is 0.297 e. The molecular weight excluding hydrogens is 810 g/mol. The van der Waals surface area contributed by atoms with E-state index in [0.29, 0.717) is 29.8 Å². The van der Waals surface area contributed by atoms with Crippen molar-refractivity contribution in [3.63, 3.8) is 0 Å². The third-order valence-corrected chi connectivity index (χ3v) is 8.54. The van der Waals surface area contributed by atoms with Crippen LogP contribution in [0.1, 0.15) is 97.8 Å². The van der Waals surface area contributed by atoms with Gasteiger partial charge in [-0.3, -0.25) is 14.4 Å². The van der Waals surface area contributed by atoms with Crippen LogP contribution in [-0.4, -0.2) is 39.1 Å². The molecular formula is C33H42I2N8O3. The number of benzene rings is 2. The lowest BCUT2D eigenvalue weighted by molar-refractivity contribution is 0.0972. The second-order valence-electron chi connectivity index (χ2n) is 11.0. The summed E-state index contributed by atoms with van der Waals surface area (Å²) in [7, 11) is 1.94. The largest absolute Gasteiger partial charge is 0.370 e. The lowest BCUT2D eigenvalue weighted by atomic mass is 9.90. The molecule has 2 aromatic heterocycles. The first-order chi connectivity index (χ1) is 21.9. The summed E-state index contributed by atoms with van der Waals surface area (Å²) in [5.74, 6) is -1.22. The number of rotatable bonds is 2. The van der Waals surface area contributed by atoms with E-state index < -0.39 is 5.91 Å². The molecule has 0 spiro atoms. The molecule has 4 aromatic rings. The van der Waals surface area contributed by atoms with Crippen LogP contribution in [0.2, 0.25) is 0 Å². The molecule has 9 N–H and O–H groups in total. The highest BCUT2D eigenvalue weighted by molar-refractivity contribution is 15.0. The lowest BCUT2D eigenvalue weighted by Crippen LogP contribution is -2.25. The number of carbonyl (C=O) groups is 3. The van der Waals surface area contributed by atoms with Crippen molar-refractivity contribution in [2.75, 3.05) is 0 Å². The van der Waals surface area contributed by atoms with Crippen molar-refractivity contribution in [1.29, 1.82) is 0 Å². The molecule has 6 rings (SSSR count). The van der Waals surface area contributed by atoms with Crippen molar-refractivity contribution >= 4 is 88.6 Å². The Morgan fingerprint density at radius 1 is 0.783 bits per heavy atom. The molecule has 0 fully saturated rings. The van der Waals surface area contributed by atoms with Crippen LogP contribution in [0.15, 0.2) is 28.2 Å². The highest BCUT2D eigenvalue weighted by Crippen LogP contribution is 2.39. The molecule has 0 aliphatic heterocycles. The minimum absolute atomic E-state index is 0.0953. The first-order valence-corrected chi connectivity index (χ1v) is 21.4. The van der Waals surface area contributed by atoms with Crippen molar-refractivity contribution < 1.29 is 14.4 Å². The number of guanidine groups is 2. The number of Topliss-reactive ketones (excluding diaryl/α,β-unsaturated/α-hetero) is 1. The van der Waals surface area contributed by atoms with E-state index in [1.54, 1.807) is 12.1 Å². The quantitative estimate of drug-likeness (QED) is 0.0939. The molecule has 2 amide bonds. The van der Waals surface area contributed by atoms with Gasteiger partial charge in [0.05, 0.1) is 5.52 Å². The second-order valence-corrected chi connectivity index (χ2v) is 11.0. The number of aromatic nitrogens is 2. The van der Waals surface area contributed by atoms with Gasteiger partial charge in [-0.1, -0.05) is 26.0 Å². The Labute approximate surface area is 292 Å². The van der Waals surface area contributed by atoms with E-state index in [0.717, 1.165) is 53.2 Å². The van der Waals surface area contributed by atoms with Gasteiger partial charge in [0.25, 0.3) is 11.8 Å². The summed E-state index contributed by atoms with van der Waals surface area (Å²) in [6.07, 6.45) is 5.10. The van der Waals surface area contributed by atoms with Gasteiger partial charge in [0, 0.05) is 72.6 Å². The molecule has 0 unspecified atom stereocenters. The standard InChI is InChI=1S/C18H24N4O.C13H12N4O2.C2H6.I2/c1-9-10(2)12-7-5-6-8-13-14(12)15(11(9)3)22(4)16(13)17(23)21-18(19)20;14-13(15)17-12(19)11-7-4-5-9(18)6-2-1-3-8(16-11)10(6)7;2*1-2/h5-8H2,1-4H3,(H4,19,20,21,23);1-3,16H,4-5H2,(H4,14,15,17,19);1-2H3;. The summed E-state index contributed by atoms with van der Waals surface area (Å²) in [6, 6.07) is 5.39. The number of H-pyrrole nitrogens is 1. The predicted molar refractivity (Wildman–Crippen MR) is 204 cm³/mol. The zero-order valence-electron chi connectivity index (χ0n) is 27.1. The van der Waals surface area contributed by atoms with Gasteiger partial charge < -0.3 is 32.5 Å². The van der Waals surface area contributed by atoms with Crippen molar-refractivity contribution in [3.05, 3.63) is 68.5 Å². The van der Waals surface area contributed by atoms with E-state index in [1.165, 1.54) is 27.6 Å². The first kappa shape index (κ1) is 37.0. The van der Waals surface area contributed by atoms with Crippen LogP contribution >= 0.6 is 37.2 Å². The molecule has 13 heteroatoms. The monoisotopic (exact) mass is 852 g/mol. The van der Waals surface area contributed by atoms with Gasteiger partial charge in [0.2, 0.25) is 0 Å². The van der Waals surface area contributed by atoms with Crippen LogP contribution in [0.3, 0.4) is 0 Å². The summed E-state index contributed by atoms with van der Waals surface area (Å²) in [5.41, 5.74) is 32.0. The Morgan fingerprint density at radius 2 is 1.37 bits per heavy atom. The highest BCUT2D eigenvalue weighted by Gasteiger charge is 2.28. The Kier molecular flexibility index (Phi) is 12.8. The third kappa shape index (κ3) is 7.09. The Morgan fingerprint density at radius 3 is 1.98 bits per heavy atom. The molecule has 2 aliphatic carbocycles. The molecule has 0 saturated heterocycles. The zero-order valence-corrected chi connectivity index (χ0v) is 31.4. The number of aliphatic imine (C=N–C) groups is 2. The average molecular weight is 853 g/mol. The van der Waals surface area contributed by atoms with Gasteiger partial charge >= 0.3 is 0 Å². The number of nitrogens with zero attached hydrogens (tertiary/aromatic N) is 3. The molecule has 0 atom stereocenters. The number of amides is 2. The van der Waals surface area contributed by atoms with E-state index in [2.05, 4.69) is 73.0 Å². The number of halogens is 2. The molecule has 2 aromatic carbocycles. The summed E-state index contributed by atoms with van der Waals surface area (Å²) in [4.78, 5) is 46.7. The number of nitrogens with two attached hydrogens (primary N) is 4. The number of aromatic amines is 1. The van der Waals surface area contributed by atoms with Crippen LogP contribution in [0, 0.1) is 20.8 Å². The lowest BCUT2D eigenvalue weighted by Gasteiger charge is -2.14. The maximum absolute atomic E-state index is 12.6. The van der Waals surface area contributed by atoms with Gasteiger partial charge in [0.15, 0.2) is 17.7 Å². The van der Waals surface area contributed by atoms with Crippen LogP contribution in [0.25, 0.3) is 21.8 Å². The Balaban J connectivity index is 0.000000229. The average Bonchev–Trinajstić information content (AvgIpc) is 3.46. The third-order valence-electron chi connectivity index (χ3n) is 8.54. The Hall–Kier alpha value is -3.47. The van der Waals surface area contributed by atoms with Gasteiger partial charge in [-0.25, -0.2) is 0 Å². The molecule has 46 heavy (non-hydrogen) atoms. The molecule has 246 valence electrons. The number of hydrogen-bond acceptors (Lipinski definition) is 3. The van der Waals surface area contributed by atoms with Crippen LogP contribution in [-0.2, 0) is 26.3 Å². The second kappa shape index (κ2) is 15.9. The number of nitrogens with one attached hydrogen (secondary N) is 1. The van der Waals surface area contributed by atoms with E-state index in [9.17, 15) is 14.4 Å². The van der Waals surface area contributed by atoms with Gasteiger partial charge in [-0.05, 0) is 92.3 Å². The van der Waals surface area contributed by atoms with E-state index >= 15 is 0 Å². The number of ketones is 1. The molecule has 0 radical (unpaired) electrons. The Bertz CT molecular complexity index is 1880. The SMILES string of the molecule is CC.Cc1c(C)c(C)c2c3c1CCCCc3c(C(=O)N=C(N)N)n2C.II.NC(N)=NC(=O)c1[nH]c2cccc3c2c1CCC3=O. The fraction of sp³-hybridized carbons (Fsp3) is 0.364. The molecule has 2 heterocycles. The van der Waals surface area contributed by atoms with Crippen molar-refractivity contribution in [2.24, 2.45) is 40.0 Å². The number of carbonyl (C=O) groups excluding carboxylic acids is 3. The van der Waals surface area contributed by atoms with Gasteiger partial charge in [0.1, 0.15) is 11.4 Å². The number of aryl methyl sites for hydroxylation is 5. The normalized spacial score (nSPS) is 12.8. The van der Waals surface area contributed by atoms with Crippen LogP contribution in [0.5, 0.6) is 0 Å². The predicted octanol–water partition coefficient (Wildman–Crippen LogP) is 5.90. The smallest absolute Gasteiger partial charge is 0.297 e. The minimum atomic E-state index is -0.508. The molecule has 2 aliphatic rings. The summed E-state index contributed by atoms with van der Waals surface area (Å²) < 4.78 is 1.98. The summed E-state index contributed by atoms with van der Waals surface area (Å²) in [5, 5.41) is 2.06. The molecule has 0 saturated carbocycles. The van der Waals surface area contributed by atoms with Crippen molar-refractivity contribution in [1.82, 2.24) is 9.55 Å². The first-order valence-electron chi connectivity index (χ1n) is 15.1. The fourth-order valence-corrected chi connectivity index (χ4v) is 6.51. The van der Waals surface area contributed by atoms with E-state index in [4.69, 9.17) is 22.9 Å². The highest BCUT2D eigenvalue weighted by atomic mass is 128. The summed E-state index contributed by atoms with van der Waals surface area (Å²) in [6.45, 7) is 10.5. The molecule has 11 nitrogen and oxygen atoms in total. The molecule has 0 bridgehead atoms. The van der Waals surface area contributed by atoms with E-state index in [1.807, 2.05) is 31.5 Å². The fourth-order valence-electron chi connectivity index (χ4n) is 6.51. The van der Waals surface area contributed by atoms with Crippen LogP contribution in [0.4, 0.5) is 0 Å². The van der Waals surface area contributed by atoms with Gasteiger partial charge in [-0.2, -0.15) is 9.98 Å². The van der Waals surface area contributed by atoms with Crippen molar-refractivity contribution in [3.8, 4) is 0 Å². The van der Waals surface area contributed by atoms with Gasteiger partial charge in [-0.15, -0.1) is 0 Å².